The van der Waals surface area contributed by atoms with Crippen LogP contribution in [0.25, 0.3) is 0 Å². The Morgan fingerprint density at radius 3 is 2.61 bits per heavy atom. The maximum Gasteiger partial charge on any atom is 0.226 e. The SMILES string of the molecule is COc1cc(C)nc(NC2C3C4CCC(C4)C23)n1. The van der Waals surface area contributed by atoms with Gasteiger partial charge < -0.3 is 10.1 Å². The molecule has 18 heavy (non-hydrogen) atoms. The number of nitrogens with zero attached hydrogens (tertiary/aromatic N) is 2. The molecule has 3 aliphatic rings. The number of ether oxygens (including phenoxy) is 1. The van der Waals surface area contributed by atoms with E-state index >= 15 is 0 Å². The number of fused-ring (bicyclic) bond motifs is 5. The van der Waals surface area contributed by atoms with Crippen molar-refractivity contribution in [2.24, 2.45) is 23.7 Å². The summed E-state index contributed by atoms with van der Waals surface area (Å²) < 4.78 is 5.20. The van der Waals surface area contributed by atoms with Crippen molar-refractivity contribution in [1.82, 2.24) is 9.97 Å². The van der Waals surface area contributed by atoms with Crippen LogP contribution < -0.4 is 10.1 Å². The van der Waals surface area contributed by atoms with Gasteiger partial charge in [0.05, 0.1) is 7.11 Å². The number of nitrogens with one attached hydrogen (secondary N) is 1. The number of hydrogen-bond acceptors (Lipinski definition) is 4. The molecule has 4 rings (SSSR count). The monoisotopic (exact) mass is 245 g/mol. The zero-order valence-corrected chi connectivity index (χ0v) is 10.9. The summed E-state index contributed by atoms with van der Waals surface area (Å²) in [5.41, 5.74) is 0.957. The summed E-state index contributed by atoms with van der Waals surface area (Å²) in [6.45, 7) is 1.98. The fraction of sp³-hybridized carbons (Fsp3) is 0.714. The largest absolute Gasteiger partial charge is 0.481 e. The van der Waals surface area contributed by atoms with Crippen molar-refractivity contribution in [2.45, 2.75) is 32.2 Å². The molecule has 4 heteroatoms. The molecule has 2 bridgehead atoms. The Morgan fingerprint density at radius 1 is 1.22 bits per heavy atom. The van der Waals surface area contributed by atoms with Crippen LogP contribution in [0.2, 0.25) is 0 Å². The van der Waals surface area contributed by atoms with E-state index in [2.05, 4.69) is 15.3 Å². The van der Waals surface area contributed by atoms with Gasteiger partial charge in [-0.15, -0.1) is 0 Å². The predicted octanol–water partition coefficient (Wildman–Crippen LogP) is 2.25. The third-order valence-corrected chi connectivity index (χ3v) is 5.07. The fourth-order valence-corrected chi connectivity index (χ4v) is 4.38. The molecule has 0 aromatic carbocycles. The van der Waals surface area contributed by atoms with Gasteiger partial charge in [-0.05, 0) is 49.9 Å². The lowest BCUT2D eigenvalue weighted by atomic mass is 10.0. The number of aryl methyl sites for hydroxylation is 1. The molecular formula is C14H19N3O. The van der Waals surface area contributed by atoms with Crippen molar-refractivity contribution in [2.75, 3.05) is 12.4 Å². The molecule has 0 saturated heterocycles. The quantitative estimate of drug-likeness (QED) is 0.887. The normalized spacial score (nSPS) is 39.6. The minimum absolute atomic E-state index is 0.628. The Kier molecular flexibility index (Phi) is 2.11. The Bertz CT molecular complexity index is 474. The average Bonchev–Trinajstić information content (AvgIpc) is 2.76. The van der Waals surface area contributed by atoms with Crippen LogP contribution in [0.4, 0.5) is 5.95 Å². The van der Waals surface area contributed by atoms with Crippen LogP contribution in [0.1, 0.15) is 25.0 Å². The molecular weight excluding hydrogens is 226 g/mol. The van der Waals surface area contributed by atoms with Gasteiger partial charge in [0.25, 0.3) is 0 Å². The molecule has 0 radical (unpaired) electrons. The van der Waals surface area contributed by atoms with Crippen molar-refractivity contribution in [3.63, 3.8) is 0 Å². The molecule has 1 heterocycles. The topological polar surface area (TPSA) is 47.0 Å². The standard InChI is InChI=1S/C14H19N3O/c1-7-5-10(18-2)16-14(15-7)17-13-11-8-3-4-9(6-8)12(11)13/h5,8-9,11-13H,3-4,6H2,1-2H3,(H,15,16,17). The number of anilines is 1. The van der Waals surface area contributed by atoms with E-state index in [4.69, 9.17) is 4.74 Å². The lowest BCUT2D eigenvalue weighted by Gasteiger charge is -2.11. The second-order valence-corrected chi connectivity index (χ2v) is 6.03. The lowest BCUT2D eigenvalue weighted by Crippen LogP contribution is -2.15. The van der Waals surface area contributed by atoms with E-state index in [1.807, 2.05) is 13.0 Å². The highest BCUT2D eigenvalue weighted by Gasteiger charge is 2.65. The lowest BCUT2D eigenvalue weighted by molar-refractivity contribution is 0.396. The van der Waals surface area contributed by atoms with Gasteiger partial charge in [0, 0.05) is 17.8 Å². The Balaban J connectivity index is 1.51. The number of rotatable bonds is 3. The first-order chi connectivity index (χ1) is 8.76. The van der Waals surface area contributed by atoms with E-state index in [-0.39, 0.29) is 0 Å². The molecule has 4 unspecified atom stereocenters. The van der Waals surface area contributed by atoms with Gasteiger partial charge in [0.2, 0.25) is 11.8 Å². The van der Waals surface area contributed by atoms with Crippen LogP contribution in [0, 0.1) is 30.6 Å². The maximum absolute atomic E-state index is 5.20. The van der Waals surface area contributed by atoms with Crippen molar-refractivity contribution >= 4 is 5.95 Å². The Hall–Kier alpha value is -1.32. The third kappa shape index (κ3) is 1.44. The highest BCUT2D eigenvalue weighted by molar-refractivity contribution is 5.37. The zero-order chi connectivity index (χ0) is 12.3. The van der Waals surface area contributed by atoms with Crippen LogP contribution in [0.15, 0.2) is 6.07 Å². The smallest absolute Gasteiger partial charge is 0.226 e. The van der Waals surface area contributed by atoms with E-state index in [1.54, 1.807) is 7.11 Å². The first-order valence-electron chi connectivity index (χ1n) is 6.92. The van der Waals surface area contributed by atoms with Crippen molar-refractivity contribution in [1.29, 1.82) is 0 Å². The van der Waals surface area contributed by atoms with E-state index < -0.39 is 0 Å². The van der Waals surface area contributed by atoms with Crippen LogP contribution in [-0.2, 0) is 0 Å². The van der Waals surface area contributed by atoms with Gasteiger partial charge >= 0.3 is 0 Å². The highest BCUT2D eigenvalue weighted by Crippen LogP contribution is 2.66. The minimum Gasteiger partial charge on any atom is -0.481 e. The predicted molar refractivity (Wildman–Crippen MR) is 68.5 cm³/mol. The van der Waals surface area contributed by atoms with Crippen LogP contribution in [0.5, 0.6) is 5.88 Å². The summed E-state index contributed by atoms with van der Waals surface area (Å²) in [5.74, 6) is 5.15. The summed E-state index contributed by atoms with van der Waals surface area (Å²) in [5, 5.41) is 3.53. The van der Waals surface area contributed by atoms with Crippen LogP contribution in [-0.4, -0.2) is 23.1 Å². The molecule has 1 aromatic heterocycles. The first kappa shape index (κ1) is 10.6. The third-order valence-electron chi connectivity index (χ3n) is 5.07. The molecule has 96 valence electrons. The average molecular weight is 245 g/mol. The highest BCUT2D eigenvalue weighted by atomic mass is 16.5. The van der Waals surface area contributed by atoms with Crippen molar-refractivity contribution in [3.8, 4) is 5.88 Å². The molecule has 4 nitrogen and oxygen atoms in total. The van der Waals surface area contributed by atoms with Crippen molar-refractivity contribution in [3.05, 3.63) is 11.8 Å². The Morgan fingerprint density at radius 2 is 1.94 bits per heavy atom. The molecule has 0 aliphatic heterocycles. The van der Waals surface area contributed by atoms with E-state index in [9.17, 15) is 0 Å². The molecule has 0 spiro atoms. The zero-order valence-electron chi connectivity index (χ0n) is 10.9. The van der Waals surface area contributed by atoms with E-state index in [0.29, 0.717) is 11.9 Å². The minimum atomic E-state index is 0.628. The summed E-state index contributed by atoms with van der Waals surface area (Å²) in [4.78, 5) is 8.84. The van der Waals surface area contributed by atoms with Gasteiger partial charge in [0.15, 0.2) is 0 Å². The van der Waals surface area contributed by atoms with Gasteiger partial charge in [0.1, 0.15) is 0 Å². The number of methoxy groups -OCH3 is 1. The summed E-state index contributed by atoms with van der Waals surface area (Å²) in [7, 11) is 1.65. The van der Waals surface area contributed by atoms with Gasteiger partial charge in [-0.1, -0.05) is 0 Å². The molecule has 1 N–H and O–H groups in total. The maximum atomic E-state index is 5.20. The van der Waals surface area contributed by atoms with Crippen LogP contribution >= 0.6 is 0 Å². The second kappa shape index (κ2) is 3.59. The van der Waals surface area contributed by atoms with Gasteiger partial charge in [-0.2, -0.15) is 4.98 Å². The van der Waals surface area contributed by atoms with Crippen LogP contribution in [0.3, 0.4) is 0 Å². The van der Waals surface area contributed by atoms with Gasteiger partial charge in [-0.3, -0.25) is 0 Å². The molecule has 4 atom stereocenters. The molecule has 0 amide bonds. The van der Waals surface area contributed by atoms with E-state index in [1.165, 1.54) is 19.3 Å². The first-order valence-corrected chi connectivity index (χ1v) is 6.92. The fourth-order valence-electron chi connectivity index (χ4n) is 4.38. The number of aromatic nitrogens is 2. The Labute approximate surface area is 107 Å². The summed E-state index contributed by atoms with van der Waals surface area (Å²) in [6.07, 6.45) is 4.37. The van der Waals surface area contributed by atoms with Crippen molar-refractivity contribution < 1.29 is 4.74 Å². The second-order valence-electron chi connectivity index (χ2n) is 6.03. The summed E-state index contributed by atoms with van der Waals surface area (Å²) in [6, 6.07) is 2.49. The van der Waals surface area contributed by atoms with E-state index in [0.717, 1.165) is 35.3 Å². The summed E-state index contributed by atoms with van der Waals surface area (Å²) >= 11 is 0. The number of hydrogen-bond donors (Lipinski definition) is 1. The molecule has 3 aliphatic carbocycles. The molecule has 3 saturated carbocycles. The van der Waals surface area contributed by atoms with Gasteiger partial charge in [-0.25, -0.2) is 4.98 Å². The molecule has 3 fully saturated rings. The molecule has 1 aromatic rings.